The summed E-state index contributed by atoms with van der Waals surface area (Å²) in [5.41, 5.74) is 7.51. The molecule has 3 rings (SSSR count). The van der Waals surface area contributed by atoms with Gasteiger partial charge in [-0.1, -0.05) is 6.07 Å². The molecule has 1 saturated heterocycles. The number of likely N-dealkylation sites (tertiary alicyclic amines) is 1. The Labute approximate surface area is 142 Å². The van der Waals surface area contributed by atoms with E-state index >= 15 is 0 Å². The van der Waals surface area contributed by atoms with E-state index in [0.717, 1.165) is 31.6 Å². The largest absolute Gasteiger partial charge is 0.339 e. The van der Waals surface area contributed by atoms with Crippen molar-refractivity contribution in [1.82, 2.24) is 14.9 Å². The molecule has 0 radical (unpaired) electrons. The molecular formula is C18H23N5O. The smallest absolute Gasteiger partial charge is 0.253 e. The average molecular weight is 325 g/mol. The van der Waals surface area contributed by atoms with Crippen LogP contribution in [0.5, 0.6) is 0 Å². The van der Waals surface area contributed by atoms with E-state index in [9.17, 15) is 4.79 Å². The van der Waals surface area contributed by atoms with Gasteiger partial charge in [0.05, 0.1) is 6.20 Å². The van der Waals surface area contributed by atoms with Gasteiger partial charge >= 0.3 is 0 Å². The Morgan fingerprint density at radius 1 is 1.42 bits per heavy atom. The van der Waals surface area contributed by atoms with E-state index in [1.54, 1.807) is 18.6 Å². The Hall–Kier alpha value is -2.47. The Kier molecular flexibility index (Phi) is 5.05. The summed E-state index contributed by atoms with van der Waals surface area (Å²) in [6.45, 7) is 3.55. The topological polar surface area (TPSA) is 84.1 Å². The standard InChI is InChI=1S/C18H23N5O/c1-13(19)15-5-3-9-23(12-15)18(24)14-4-2-6-16(10-14)22-17-11-20-7-8-21-17/h2,4,6-8,10-11,13,15H,3,5,9,12,19H2,1H3,(H,21,22). The fourth-order valence-corrected chi connectivity index (χ4v) is 3.05. The summed E-state index contributed by atoms with van der Waals surface area (Å²) in [7, 11) is 0. The summed E-state index contributed by atoms with van der Waals surface area (Å²) in [5.74, 6) is 1.09. The van der Waals surface area contributed by atoms with Crippen molar-refractivity contribution in [3.8, 4) is 0 Å². The first-order chi connectivity index (χ1) is 11.6. The third-order valence-corrected chi connectivity index (χ3v) is 4.43. The summed E-state index contributed by atoms with van der Waals surface area (Å²) < 4.78 is 0. The number of aromatic nitrogens is 2. The third-order valence-electron chi connectivity index (χ3n) is 4.43. The Bertz CT molecular complexity index is 689. The van der Waals surface area contributed by atoms with Gasteiger partial charge in [0.15, 0.2) is 0 Å². The first kappa shape index (κ1) is 16.4. The van der Waals surface area contributed by atoms with Gasteiger partial charge in [-0.2, -0.15) is 0 Å². The molecule has 6 heteroatoms. The van der Waals surface area contributed by atoms with Gasteiger partial charge in [-0.05, 0) is 43.9 Å². The quantitative estimate of drug-likeness (QED) is 0.902. The number of hydrogen-bond donors (Lipinski definition) is 2. The minimum atomic E-state index is 0.0585. The molecule has 2 aromatic rings. The van der Waals surface area contributed by atoms with Crippen LogP contribution in [0.15, 0.2) is 42.9 Å². The zero-order chi connectivity index (χ0) is 16.9. The lowest BCUT2D eigenvalue weighted by Gasteiger charge is -2.34. The maximum Gasteiger partial charge on any atom is 0.253 e. The van der Waals surface area contributed by atoms with Crippen LogP contribution in [0.2, 0.25) is 0 Å². The van der Waals surface area contributed by atoms with E-state index < -0.39 is 0 Å². The number of nitrogens with one attached hydrogen (secondary N) is 1. The van der Waals surface area contributed by atoms with Crippen LogP contribution >= 0.6 is 0 Å². The maximum atomic E-state index is 12.8. The van der Waals surface area contributed by atoms with Crippen molar-refractivity contribution in [2.24, 2.45) is 11.7 Å². The molecule has 0 bridgehead atoms. The van der Waals surface area contributed by atoms with Crippen molar-refractivity contribution in [3.63, 3.8) is 0 Å². The number of carbonyl (C=O) groups excluding carboxylic acids is 1. The molecule has 1 aliphatic rings. The van der Waals surface area contributed by atoms with Crippen LogP contribution in [0.25, 0.3) is 0 Å². The molecule has 1 aromatic carbocycles. The number of rotatable bonds is 4. The number of amides is 1. The number of hydrogen-bond acceptors (Lipinski definition) is 5. The van der Waals surface area contributed by atoms with Crippen molar-refractivity contribution in [3.05, 3.63) is 48.4 Å². The van der Waals surface area contributed by atoms with Crippen LogP contribution in [0.3, 0.4) is 0 Å². The van der Waals surface area contributed by atoms with Gasteiger partial charge in [-0.15, -0.1) is 0 Å². The third kappa shape index (κ3) is 3.89. The van der Waals surface area contributed by atoms with E-state index in [1.165, 1.54) is 0 Å². The zero-order valence-electron chi connectivity index (χ0n) is 13.9. The van der Waals surface area contributed by atoms with Gasteiger partial charge in [0.25, 0.3) is 5.91 Å². The number of benzene rings is 1. The minimum absolute atomic E-state index is 0.0585. The van der Waals surface area contributed by atoms with Crippen LogP contribution in [0.1, 0.15) is 30.1 Å². The molecule has 2 heterocycles. The van der Waals surface area contributed by atoms with Crippen LogP contribution in [0, 0.1) is 5.92 Å². The van der Waals surface area contributed by atoms with E-state index in [-0.39, 0.29) is 11.9 Å². The van der Waals surface area contributed by atoms with Crippen LogP contribution in [0.4, 0.5) is 11.5 Å². The molecule has 1 aliphatic heterocycles. The number of piperidine rings is 1. The molecule has 3 N–H and O–H groups in total. The van der Waals surface area contributed by atoms with Crippen molar-refractivity contribution in [2.75, 3.05) is 18.4 Å². The van der Waals surface area contributed by atoms with Gasteiger partial charge < -0.3 is 16.0 Å². The van der Waals surface area contributed by atoms with E-state index in [4.69, 9.17) is 5.73 Å². The molecule has 0 aliphatic carbocycles. The number of carbonyl (C=O) groups is 1. The lowest BCUT2D eigenvalue weighted by Crippen LogP contribution is -2.45. The summed E-state index contributed by atoms with van der Waals surface area (Å²) >= 11 is 0. The predicted molar refractivity (Wildman–Crippen MR) is 94.0 cm³/mol. The summed E-state index contributed by atoms with van der Waals surface area (Å²) in [6.07, 6.45) is 6.99. The first-order valence-electron chi connectivity index (χ1n) is 8.31. The summed E-state index contributed by atoms with van der Waals surface area (Å²) in [4.78, 5) is 22.9. The molecule has 2 unspecified atom stereocenters. The number of nitrogens with two attached hydrogens (primary N) is 1. The van der Waals surface area contributed by atoms with Gasteiger partial charge in [0.1, 0.15) is 5.82 Å². The van der Waals surface area contributed by atoms with Gasteiger partial charge in [0, 0.05) is 42.8 Å². The SMILES string of the molecule is CC(N)C1CCCN(C(=O)c2cccc(Nc3cnccn3)c2)C1. The molecular weight excluding hydrogens is 302 g/mol. The van der Waals surface area contributed by atoms with Crippen LogP contribution in [-0.4, -0.2) is 39.9 Å². The number of nitrogens with zero attached hydrogens (tertiary/aromatic N) is 3. The number of anilines is 2. The van der Waals surface area contributed by atoms with Crippen molar-refractivity contribution < 1.29 is 4.79 Å². The second-order valence-electron chi connectivity index (χ2n) is 6.31. The fourth-order valence-electron chi connectivity index (χ4n) is 3.05. The van der Waals surface area contributed by atoms with Gasteiger partial charge in [-0.25, -0.2) is 4.98 Å². The Balaban J connectivity index is 1.72. The molecule has 1 amide bonds. The van der Waals surface area contributed by atoms with Crippen molar-refractivity contribution in [2.45, 2.75) is 25.8 Å². The highest BCUT2D eigenvalue weighted by Gasteiger charge is 2.26. The highest BCUT2D eigenvalue weighted by molar-refractivity contribution is 5.95. The Morgan fingerprint density at radius 2 is 2.29 bits per heavy atom. The molecule has 1 aromatic heterocycles. The lowest BCUT2D eigenvalue weighted by molar-refractivity contribution is 0.0661. The Morgan fingerprint density at radius 3 is 3.04 bits per heavy atom. The summed E-state index contributed by atoms with van der Waals surface area (Å²) in [5, 5.41) is 3.16. The van der Waals surface area contributed by atoms with Crippen LogP contribution in [-0.2, 0) is 0 Å². The summed E-state index contributed by atoms with van der Waals surface area (Å²) in [6, 6.07) is 7.60. The predicted octanol–water partition coefficient (Wildman–Crippen LogP) is 2.42. The monoisotopic (exact) mass is 325 g/mol. The normalized spacial score (nSPS) is 18.9. The highest BCUT2D eigenvalue weighted by Crippen LogP contribution is 2.22. The lowest BCUT2D eigenvalue weighted by atomic mass is 9.92. The van der Waals surface area contributed by atoms with Crippen molar-refractivity contribution in [1.29, 1.82) is 0 Å². The molecule has 0 spiro atoms. The van der Waals surface area contributed by atoms with E-state index in [2.05, 4.69) is 15.3 Å². The first-order valence-corrected chi connectivity index (χ1v) is 8.31. The second-order valence-corrected chi connectivity index (χ2v) is 6.31. The van der Waals surface area contributed by atoms with E-state index in [1.807, 2.05) is 36.1 Å². The molecule has 0 saturated carbocycles. The zero-order valence-corrected chi connectivity index (χ0v) is 13.9. The average Bonchev–Trinajstić information content (AvgIpc) is 2.62. The molecule has 24 heavy (non-hydrogen) atoms. The highest BCUT2D eigenvalue weighted by atomic mass is 16.2. The molecule has 6 nitrogen and oxygen atoms in total. The molecule has 2 atom stereocenters. The van der Waals surface area contributed by atoms with Gasteiger partial charge in [-0.3, -0.25) is 9.78 Å². The van der Waals surface area contributed by atoms with Gasteiger partial charge in [0.2, 0.25) is 0 Å². The minimum Gasteiger partial charge on any atom is -0.339 e. The van der Waals surface area contributed by atoms with Crippen LogP contribution < -0.4 is 11.1 Å². The molecule has 126 valence electrons. The molecule has 1 fully saturated rings. The van der Waals surface area contributed by atoms with E-state index in [0.29, 0.717) is 17.3 Å². The van der Waals surface area contributed by atoms with Crippen molar-refractivity contribution >= 4 is 17.4 Å². The maximum absolute atomic E-state index is 12.8. The fraction of sp³-hybridized carbons (Fsp3) is 0.389. The second kappa shape index (κ2) is 7.40.